The Morgan fingerprint density at radius 1 is 1.10 bits per heavy atom. The van der Waals surface area contributed by atoms with Crippen LogP contribution in [-0.4, -0.2) is 40.1 Å². The molecule has 5 heteroatoms. The number of methoxy groups -OCH3 is 1. The van der Waals surface area contributed by atoms with Crippen LogP contribution in [0.1, 0.15) is 19.8 Å². The van der Waals surface area contributed by atoms with Crippen LogP contribution in [0.2, 0.25) is 0 Å². The number of nitrogens with one attached hydrogen (secondary N) is 1. The van der Waals surface area contributed by atoms with E-state index >= 15 is 0 Å². The molecule has 0 heterocycles. The lowest BCUT2D eigenvalue weighted by atomic mass is 10.2. The van der Waals surface area contributed by atoms with Crippen LogP contribution < -0.4 is 15.8 Å². The quantitative estimate of drug-likeness (QED) is 0.482. The maximum Gasteiger partial charge on any atom is 0.123 e. The van der Waals surface area contributed by atoms with Gasteiger partial charge in [0.2, 0.25) is 0 Å². The van der Waals surface area contributed by atoms with Gasteiger partial charge in [0.25, 0.3) is 0 Å². The summed E-state index contributed by atoms with van der Waals surface area (Å²) >= 11 is 0. The number of hydrogen-bond acceptors (Lipinski definition) is 5. The zero-order valence-electron chi connectivity index (χ0n) is 12.5. The molecule has 1 aromatic carbocycles. The van der Waals surface area contributed by atoms with Crippen LogP contribution in [0.5, 0.6) is 5.75 Å². The smallest absolute Gasteiger partial charge is 0.123 e. The summed E-state index contributed by atoms with van der Waals surface area (Å²) in [6.07, 6.45) is 1.92. The zero-order valence-corrected chi connectivity index (χ0v) is 12.5. The summed E-state index contributed by atoms with van der Waals surface area (Å²) in [5, 5.41) is 3.32. The molecular formula is C15H26N2O3. The molecule has 5 nitrogen and oxygen atoms in total. The van der Waals surface area contributed by atoms with Gasteiger partial charge in [0, 0.05) is 43.8 Å². The molecule has 0 unspecified atom stereocenters. The second-order valence-corrected chi connectivity index (χ2v) is 4.52. The molecule has 0 saturated carbocycles. The summed E-state index contributed by atoms with van der Waals surface area (Å²) in [6, 6.07) is 5.72. The lowest BCUT2D eigenvalue weighted by molar-refractivity contribution is 0.0705. The summed E-state index contributed by atoms with van der Waals surface area (Å²) < 4.78 is 15.9. The molecule has 0 radical (unpaired) electrons. The fraction of sp³-hybridized carbons (Fsp3) is 0.600. The van der Waals surface area contributed by atoms with Crippen molar-refractivity contribution in [1.29, 1.82) is 0 Å². The molecule has 20 heavy (non-hydrogen) atoms. The van der Waals surface area contributed by atoms with Crippen LogP contribution in [0.4, 0.5) is 11.4 Å². The molecule has 1 aromatic rings. The molecule has 0 bridgehead atoms. The third kappa shape index (κ3) is 7.21. The average Bonchev–Trinajstić information content (AvgIpc) is 2.43. The lowest BCUT2D eigenvalue weighted by Crippen LogP contribution is -2.08. The Bertz CT molecular complexity index is 372. The summed E-state index contributed by atoms with van der Waals surface area (Å²) in [6.45, 7) is 5.62. The van der Waals surface area contributed by atoms with Gasteiger partial charge < -0.3 is 25.3 Å². The van der Waals surface area contributed by atoms with Crippen molar-refractivity contribution in [3.05, 3.63) is 18.2 Å². The van der Waals surface area contributed by atoms with E-state index in [-0.39, 0.29) is 0 Å². The Labute approximate surface area is 121 Å². The molecule has 0 atom stereocenters. The van der Waals surface area contributed by atoms with E-state index in [4.69, 9.17) is 19.9 Å². The van der Waals surface area contributed by atoms with Crippen LogP contribution in [0, 0.1) is 0 Å². The van der Waals surface area contributed by atoms with Crippen molar-refractivity contribution in [2.75, 3.05) is 51.1 Å². The van der Waals surface area contributed by atoms with Gasteiger partial charge in [0.15, 0.2) is 0 Å². The van der Waals surface area contributed by atoms with Gasteiger partial charge in [-0.15, -0.1) is 0 Å². The van der Waals surface area contributed by atoms with Gasteiger partial charge in [0.05, 0.1) is 19.8 Å². The number of rotatable bonds is 11. The highest BCUT2D eigenvalue weighted by molar-refractivity contribution is 5.59. The van der Waals surface area contributed by atoms with Gasteiger partial charge in [-0.05, 0) is 18.9 Å². The molecule has 3 N–H and O–H groups in total. The Balaban J connectivity index is 2.26. The number of ether oxygens (including phenoxy) is 3. The summed E-state index contributed by atoms with van der Waals surface area (Å²) in [7, 11) is 1.67. The highest BCUT2D eigenvalue weighted by atomic mass is 16.5. The Morgan fingerprint density at radius 2 is 1.95 bits per heavy atom. The third-order valence-electron chi connectivity index (χ3n) is 2.63. The molecule has 0 aliphatic heterocycles. The highest BCUT2D eigenvalue weighted by Gasteiger charge is 2.00. The first-order chi connectivity index (χ1) is 9.76. The van der Waals surface area contributed by atoms with E-state index in [1.165, 1.54) is 0 Å². The summed E-state index contributed by atoms with van der Waals surface area (Å²) in [5.74, 6) is 0.811. The Morgan fingerprint density at radius 3 is 2.70 bits per heavy atom. The maximum atomic E-state index is 5.86. The normalized spacial score (nSPS) is 10.5. The van der Waals surface area contributed by atoms with Crippen molar-refractivity contribution < 1.29 is 14.2 Å². The molecule has 0 aliphatic carbocycles. The first-order valence-corrected chi connectivity index (χ1v) is 7.10. The molecule has 0 saturated heterocycles. The van der Waals surface area contributed by atoms with Crippen LogP contribution in [-0.2, 0) is 9.47 Å². The monoisotopic (exact) mass is 282 g/mol. The van der Waals surface area contributed by atoms with E-state index in [1.807, 2.05) is 18.2 Å². The third-order valence-corrected chi connectivity index (χ3v) is 2.63. The minimum Gasteiger partial charge on any atom is -0.493 e. The van der Waals surface area contributed by atoms with E-state index in [0.29, 0.717) is 25.5 Å². The van der Waals surface area contributed by atoms with Crippen molar-refractivity contribution in [2.45, 2.75) is 19.8 Å². The molecule has 114 valence electrons. The maximum absolute atomic E-state index is 5.86. The number of benzene rings is 1. The predicted octanol–water partition coefficient (Wildman–Crippen LogP) is 2.52. The zero-order chi connectivity index (χ0) is 14.6. The van der Waals surface area contributed by atoms with Gasteiger partial charge in [-0.25, -0.2) is 0 Å². The van der Waals surface area contributed by atoms with E-state index in [2.05, 4.69) is 12.2 Å². The van der Waals surface area contributed by atoms with Crippen LogP contribution >= 0.6 is 0 Å². The second-order valence-electron chi connectivity index (χ2n) is 4.52. The molecule has 1 rings (SSSR count). The number of hydrogen-bond donors (Lipinski definition) is 2. The standard InChI is InChI=1S/C15H26N2O3/c1-3-6-20-15-11-13(16)10-14(12-15)17-5-4-7-19-9-8-18-2/h10-12,17H,3-9,16H2,1-2H3. The molecule has 0 amide bonds. The van der Waals surface area contributed by atoms with E-state index in [0.717, 1.165) is 37.4 Å². The number of nitrogen functional groups attached to an aromatic ring is 1. The van der Waals surface area contributed by atoms with Crippen molar-refractivity contribution >= 4 is 11.4 Å². The molecule has 0 spiro atoms. The van der Waals surface area contributed by atoms with Gasteiger partial charge in [-0.3, -0.25) is 0 Å². The van der Waals surface area contributed by atoms with E-state index in [1.54, 1.807) is 7.11 Å². The molecule has 0 aromatic heterocycles. The van der Waals surface area contributed by atoms with Crippen LogP contribution in [0.3, 0.4) is 0 Å². The van der Waals surface area contributed by atoms with E-state index in [9.17, 15) is 0 Å². The number of anilines is 2. The predicted molar refractivity (Wildman–Crippen MR) is 82.4 cm³/mol. The SMILES string of the molecule is CCCOc1cc(N)cc(NCCCOCCOC)c1. The van der Waals surface area contributed by atoms with Crippen molar-refractivity contribution in [3.8, 4) is 5.75 Å². The van der Waals surface area contributed by atoms with Crippen molar-refractivity contribution in [2.24, 2.45) is 0 Å². The topological polar surface area (TPSA) is 65.7 Å². The van der Waals surface area contributed by atoms with Crippen LogP contribution in [0.25, 0.3) is 0 Å². The van der Waals surface area contributed by atoms with Gasteiger partial charge in [-0.1, -0.05) is 6.92 Å². The minimum atomic E-state index is 0.640. The highest BCUT2D eigenvalue weighted by Crippen LogP contribution is 2.22. The molecule has 0 fully saturated rings. The summed E-state index contributed by atoms with van der Waals surface area (Å²) in [5.41, 5.74) is 7.54. The number of nitrogens with two attached hydrogens (primary N) is 1. The first-order valence-electron chi connectivity index (χ1n) is 7.10. The lowest BCUT2D eigenvalue weighted by Gasteiger charge is -2.11. The molecular weight excluding hydrogens is 256 g/mol. The largest absolute Gasteiger partial charge is 0.493 e. The fourth-order valence-corrected chi connectivity index (χ4v) is 1.68. The van der Waals surface area contributed by atoms with Crippen LogP contribution in [0.15, 0.2) is 18.2 Å². The Hall–Kier alpha value is -1.46. The second kappa shape index (κ2) is 10.3. The average molecular weight is 282 g/mol. The van der Waals surface area contributed by atoms with Gasteiger partial charge in [0.1, 0.15) is 5.75 Å². The van der Waals surface area contributed by atoms with Crippen molar-refractivity contribution in [3.63, 3.8) is 0 Å². The first kappa shape index (κ1) is 16.6. The summed E-state index contributed by atoms with van der Waals surface area (Å²) in [4.78, 5) is 0. The van der Waals surface area contributed by atoms with Gasteiger partial charge in [-0.2, -0.15) is 0 Å². The Kier molecular flexibility index (Phi) is 8.58. The van der Waals surface area contributed by atoms with E-state index < -0.39 is 0 Å². The van der Waals surface area contributed by atoms with Gasteiger partial charge >= 0.3 is 0 Å². The minimum absolute atomic E-state index is 0.640. The fourth-order valence-electron chi connectivity index (χ4n) is 1.68. The van der Waals surface area contributed by atoms with Crippen molar-refractivity contribution in [1.82, 2.24) is 0 Å². The molecule has 0 aliphatic rings.